The molecule has 1 N–H and O–H groups in total. The lowest BCUT2D eigenvalue weighted by atomic mass is 10.1. The van der Waals surface area contributed by atoms with Crippen molar-refractivity contribution >= 4 is 29.1 Å². The molecule has 0 atom stereocenters. The third kappa shape index (κ3) is 3.18. The summed E-state index contributed by atoms with van der Waals surface area (Å²) in [5.41, 5.74) is 0.609. The van der Waals surface area contributed by atoms with Crippen LogP contribution in [-0.4, -0.2) is 22.6 Å². The zero-order valence-electron chi connectivity index (χ0n) is 13.7. The van der Waals surface area contributed by atoms with Crippen molar-refractivity contribution in [3.63, 3.8) is 0 Å². The molecule has 1 aromatic heterocycles. The van der Waals surface area contributed by atoms with Crippen LogP contribution in [0.5, 0.6) is 11.5 Å². The number of ether oxygens (including phenoxy) is 2. The quantitative estimate of drug-likeness (QED) is 0.441. The van der Waals surface area contributed by atoms with Crippen LogP contribution in [-0.2, 0) is 6.54 Å². The molecule has 0 fully saturated rings. The van der Waals surface area contributed by atoms with Gasteiger partial charge in [-0.3, -0.25) is 9.36 Å². The lowest BCUT2D eigenvalue weighted by molar-refractivity contribution is 0.0730. The Balaban J connectivity index is 2.00. The first kappa shape index (κ1) is 16.9. The molecule has 2 aromatic carbocycles. The van der Waals surface area contributed by atoms with Gasteiger partial charge in [0.1, 0.15) is 0 Å². The van der Waals surface area contributed by atoms with Gasteiger partial charge in [0.25, 0.3) is 5.56 Å². The highest BCUT2D eigenvalue weighted by Crippen LogP contribution is 2.26. The van der Waals surface area contributed by atoms with Gasteiger partial charge in [-0.25, -0.2) is 4.79 Å². The van der Waals surface area contributed by atoms with Crippen LogP contribution in [0.4, 0.5) is 0 Å². The average Bonchev–Trinajstić information content (AvgIpc) is 2.62. The second kappa shape index (κ2) is 6.90. The van der Waals surface area contributed by atoms with Gasteiger partial charge in [0.05, 0.1) is 23.6 Å². The lowest BCUT2D eigenvalue weighted by Crippen LogP contribution is -2.21. The van der Waals surface area contributed by atoms with E-state index in [1.165, 1.54) is 11.7 Å². The number of carbonyl (C=O) groups is 1. The largest absolute Gasteiger partial charge is 0.493 e. The number of aromatic nitrogens is 2. The molecule has 0 radical (unpaired) electrons. The molecule has 7 heteroatoms. The van der Waals surface area contributed by atoms with Crippen molar-refractivity contribution < 1.29 is 14.3 Å². The molecule has 0 aliphatic carbocycles. The number of fused-ring (bicyclic) bond motifs is 1. The van der Waals surface area contributed by atoms with Crippen LogP contribution in [0.15, 0.2) is 47.3 Å². The number of rotatable bonds is 4. The van der Waals surface area contributed by atoms with Gasteiger partial charge in [0, 0.05) is 6.54 Å². The number of nitrogens with zero attached hydrogens (tertiary/aromatic N) is 1. The third-order valence-corrected chi connectivity index (χ3v) is 4.13. The van der Waals surface area contributed by atoms with Crippen molar-refractivity contribution in [3.05, 3.63) is 63.2 Å². The fourth-order valence-electron chi connectivity index (χ4n) is 2.53. The van der Waals surface area contributed by atoms with E-state index in [0.717, 1.165) is 0 Å². The normalized spacial score (nSPS) is 10.6. The molecule has 0 saturated carbocycles. The van der Waals surface area contributed by atoms with Crippen molar-refractivity contribution in [2.75, 3.05) is 7.11 Å². The van der Waals surface area contributed by atoms with Crippen molar-refractivity contribution in [2.45, 2.75) is 13.5 Å². The van der Waals surface area contributed by atoms with Crippen LogP contribution >= 0.6 is 12.2 Å². The molecule has 1 heterocycles. The number of esters is 1. The molecular formula is C18H16N2O4S. The van der Waals surface area contributed by atoms with Gasteiger partial charge in [-0.2, -0.15) is 0 Å². The summed E-state index contributed by atoms with van der Waals surface area (Å²) in [6, 6.07) is 11.6. The molecule has 0 amide bonds. The summed E-state index contributed by atoms with van der Waals surface area (Å²) in [5, 5.41) is 0.462. The number of hydrogen-bond donors (Lipinski definition) is 1. The summed E-state index contributed by atoms with van der Waals surface area (Å²) < 4.78 is 12.3. The van der Waals surface area contributed by atoms with Crippen LogP contribution in [0.2, 0.25) is 0 Å². The molecule has 0 aliphatic heterocycles. The highest BCUT2D eigenvalue weighted by molar-refractivity contribution is 7.71. The minimum atomic E-state index is -0.551. The predicted molar refractivity (Wildman–Crippen MR) is 97.0 cm³/mol. The Labute approximate surface area is 148 Å². The Morgan fingerprint density at radius 1 is 1.20 bits per heavy atom. The van der Waals surface area contributed by atoms with Crippen molar-refractivity contribution in [3.8, 4) is 11.5 Å². The fourth-order valence-corrected chi connectivity index (χ4v) is 2.85. The Morgan fingerprint density at radius 2 is 1.92 bits per heavy atom. The van der Waals surface area contributed by atoms with E-state index in [1.807, 2.05) is 6.92 Å². The number of hydrogen-bond acceptors (Lipinski definition) is 5. The van der Waals surface area contributed by atoms with Crippen LogP contribution in [0, 0.1) is 4.77 Å². The van der Waals surface area contributed by atoms with Gasteiger partial charge >= 0.3 is 5.97 Å². The number of carbonyl (C=O) groups excluding carboxylic acids is 1. The predicted octanol–water partition coefficient (Wildman–Crippen LogP) is 3.31. The standard InChI is InChI=1S/C18H16N2O4S/c1-3-20-16(21)12-9-8-11(10-13(12)19-18(20)25)17(22)24-15-7-5-4-6-14(15)23-2/h4-10H,3H2,1-2H3,(H,19,25). The molecule has 0 bridgehead atoms. The van der Waals surface area contributed by atoms with Crippen molar-refractivity contribution in [1.29, 1.82) is 0 Å². The first-order chi connectivity index (χ1) is 12.0. The summed E-state index contributed by atoms with van der Waals surface area (Å²) >= 11 is 5.19. The van der Waals surface area contributed by atoms with Crippen molar-refractivity contribution in [1.82, 2.24) is 9.55 Å². The molecule has 0 unspecified atom stereocenters. The lowest BCUT2D eigenvalue weighted by Gasteiger charge is -2.10. The first-order valence-electron chi connectivity index (χ1n) is 7.67. The Morgan fingerprint density at radius 3 is 2.60 bits per heavy atom. The summed E-state index contributed by atoms with van der Waals surface area (Å²) in [6.45, 7) is 2.32. The number of aromatic amines is 1. The van der Waals surface area contributed by atoms with E-state index in [-0.39, 0.29) is 5.56 Å². The SMILES string of the molecule is CCn1c(=S)[nH]c2cc(C(=O)Oc3ccccc3OC)ccc2c1=O. The second-order valence-corrected chi connectivity index (χ2v) is 5.67. The number of benzene rings is 2. The number of methoxy groups -OCH3 is 1. The minimum absolute atomic E-state index is 0.189. The van der Waals surface area contributed by atoms with Crippen LogP contribution in [0.1, 0.15) is 17.3 Å². The molecule has 0 saturated heterocycles. The monoisotopic (exact) mass is 356 g/mol. The second-order valence-electron chi connectivity index (χ2n) is 5.28. The van der Waals surface area contributed by atoms with E-state index < -0.39 is 5.97 Å². The Kier molecular flexibility index (Phi) is 4.67. The van der Waals surface area contributed by atoms with E-state index in [4.69, 9.17) is 21.7 Å². The van der Waals surface area contributed by atoms with Gasteiger partial charge < -0.3 is 14.5 Å². The number of H-pyrrole nitrogens is 1. The molecule has 3 rings (SSSR count). The molecule has 0 spiro atoms. The maximum Gasteiger partial charge on any atom is 0.343 e. The third-order valence-electron chi connectivity index (χ3n) is 3.81. The zero-order chi connectivity index (χ0) is 18.0. The first-order valence-corrected chi connectivity index (χ1v) is 8.08. The van der Waals surface area contributed by atoms with Gasteiger partial charge in [-0.1, -0.05) is 12.1 Å². The molecule has 128 valence electrons. The summed E-state index contributed by atoms with van der Waals surface area (Å²) in [6.07, 6.45) is 0. The van der Waals surface area contributed by atoms with E-state index in [9.17, 15) is 9.59 Å². The summed E-state index contributed by atoms with van der Waals surface area (Å²) in [5.74, 6) is 0.233. The Hall–Kier alpha value is -2.93. The molecule has 3 aromatic rings. The smallest absolute Gasteiger partial charge is 0.343 e. The molecular weight excluding hydrogens is 340 g/mol. The number of para-hydroxylation sites is 2. The van der Waals surface area contributed by atoms with Crippen LogP contribution < -0.4 is 15.0 Å². The van der Waals surface area contributed by atoms with E-state index in [2.05, 4.69) is 4.98 Å². The van der Waals surface area contributed by atoms with Crippen molar-refractivity contribution in [2.24, 2.45) is 0 Å². The maximum absolute atomic E-state index is 12.4. The fraction of sp³-hybridized carbons (Fsp3) is 0.167. The summed E-state index contributed by atoms with van der Waals surface area (Å²) in [7, 11) is 1.50. The van der Waals surface area contributed by atoms with E-state index in [1.54, 1.807) is 42.5 Å². The van der Waals surface area contributed by atoms with Gasteiger partial charge in [-0.15, -0.1) is 0 Å². The number of nitrogens with one attached hydrogen (secondary N) is 1. The zero-order valence-corrected chi connectivity index (χ0v) is 14.6. The van der Waals surface area contributed by atoms with Gasteiger partial charge in [-0.05, 0) is 49.5 Å². The highest BCUT2D eigenvalue weighted by atomic mass is 32.1. The topological polar surface area (TPSA) is 73.3 Å². The van der Waals surface area contributed by atoms with Crippen LogP contribution in [0.3, 0.4) is 0 Å². The maximum atomic E-state index is 12.4. The van der Waals surface area contributed by atoms with Crippen LogP contribution in [0.25, 0.3) is 10.9 Å². The molecule has 25 heavy (non-hydrogen) atoms. The molecule has 6 nitrogen and oxygen atoms in total. The minimum Gasteiger partial charge on any atom is -0.493 e. The average molecular weight is 356 g/mol. The van der Waals surface area contributed by atoms with Gasteiger partial charge in [0.15, 0.2) is 16.3 Å². The Bertz CT molecular complexity index is 1070. The van der Waals surface area contributed by atoms with Gasteiger partial charge in [0.2, 0.25) is 0 Å². The highest BCUT2D eigenvalue weighted by Gasteiger charge is 2.14. The van der Waals surface area contributed by atoms with E-state index in [0.29, 0.717) is 39.3 Å². The summed E-state index contributed by atoms with van der Waals surface area (Å²) in [4.78, 5) is 27.8. The van der Waals surface area contributed by atoms with E-state index >= 15 is 0 Å². The molecule has 0 aliphatic rings.